The molecule has 0 bridgehead atoms. The van der Waals surface area contributed by atoms with Crippen LogP contribution >= 0.6 is 0 Å². The average molecular weight is 143 g/mol. The predicted molar refractivity (Wildman–Crippen MR) is 32.4 cm³/mol. The molecule has 1 aromatic rings. The Morgan fingerprint density at radius 2 is 2.40 bits per heavy atom. The van der Waals surface area contributed by atoms with Crippen LogP contribution < -0.4 is 4.74 Å². The lowest BCUT2D eigenvalue weighted by Crippen LogP contribution is -1.88. The van der Waals surface area contributed by atoms with E-state index in [2.05, 4.69) is 9.72 Å². The molecule has 0 aliphatic heterocycles. The van der Waals surface area contributed by atoms with Gasteiger partial charge in [-0.25, -0.2) is 9.37 Å². The molecule has 1 aromatic heterocycles. The SMILES string of the molecule is COc1nccc(F)c1O. The molecule has 0 aromatic carbocycles. The van der Waals surface area contributed by atoms with Gasteiger partial charge in [-0.3, -0.25) is 0 Å². The molecule has 0 radical (unpaired) electrons. The molecule has 0 fully saturated rings. The molecule has 3 nitrogen and oxygen atoms in total. The van der Waals surface area contributed by atoms with E-state index in [-0.39, 0.29) is 5.88 Å². The van der Waals surface area contributed by atoms with Gasteiger partial charge in [-0.05, 0) is 6.07 Å². The number of aromatic nitrogens is 1. The molecule has 54 valence electrons. The number of rotatable bonds is 1. The van der Waals surface area contributed by atoms with Crippen molar-refractivity contribution in [3.63, 3.8) is 0 Å². The van der Waals surface area contributed by atoms with Crippen molar-refractivity contribution in [1.82, 2.24) is 4.98 Å². The highest BCUT2D eigenvalue weighted by Gasteiger charge is 2.06. The predicted octanol–water partition coefficient (Wildman–Crippen LogP) is 0.935. The summed E-state index contributed by atoms with van der Waals surface area (Å²) in [6, 6.07) is 1.05. The van der Waals surface area contributed by atoms with Crippen molar-refractivity contribution in [1.29, 1.82) is 0 Å². The highest BCUT2D eigenvalue weighted by molar-refractivity contribution is 5.32. The van der Waals surface area contributed by atoms with Gasteiger partial charge in [-0.1, -0.05) is 0 Å². The maximum atomic E-state index is 12.4. The first kappa shape index (κ1) is 6.80. The molecule has 1 N–H and O–H groups in total. The lowest BCUT2D eigenvalue weighted by Gasteiger charge is -1.99. The summed E-state index contributed by atoms with van der Waals surface area (Å²) in [5.74, 6) is -1.38. The van der Waals surface area contributed by atoms with Gasteiger partial charge >= 0.3 is 0 Å². The number of pyridine rings is 1. The smallest absolute Gasteiger partial charge is 0.259 e. The van der Waals surface area contributed by atoms with Gasteiger partial charge in [0.15, 0.2) is 5.82 Å². The second-order valence-electron chi connectivity index (χ2n) is 1.65. The Labute approximate surface area is 57.1 Å². The number of methoxy groups -OCH3 is 1. The molecule has 0 saturated heterocycles. The molecule has 1 heterocycles. The van der Waals surface area contributed by atoms with Gasteiger partial charge in [-0.2, -0.15) is 0 Å². The monoisotopic (exact) mass is 143 g/mol. The summed E-state index contributed by atoms with van der Waals surface area (Å²) in [4.78, 5) is 3.55. The maximum absolute atomic E-state index is 12.4. The largest absolute Gasteiger partial charge is 0.501 e. The number of hydrogen-bond donors (Lipinski definition) is 1. The van der Waals surface area contributed by atoms with Crippen LogP contribution in [0.1, 0.15) is 0 Å². The van der Waals surface area contributed by atoms with Crippen molar-refractivity contribution in [2.24, 2.45) is 0 Å². The highest BCUT2D eigenvalue weighted by Crippen LogP contribution is 2.24. The van der Waals surface area contributed by atoms with E-state index in [1.54, 1.807) is 0 Å². The van der Waals surface area contributed by atoms with Crippen LogP contribution in [0.15, 0.2) is 12.3 Å². The molecule has 0 spiro atoms. The minimum absolute atomic E-state index is 0.0972. The summed E-state index contributed by atoms with van der Waals surface area (Å²) in [6.45, 7) is 0. The van der Waals surface area contributed by atoms with E-state index in [4.69, 9.17) is 5.11 Å². The van der Waals surface area contributed by atoms with Gasteiger partial charge in [0.1, 0.15) is 0 Å². The minimum Gasteiger partial charge on any atom is -0.501 e. The molecule has 0 unspecified atom stereocenters. The lowest BCUT2D eigenvalue weighted by molar-refractivity contribution is 0.343. The second kappa shape index (κ2) is 2.51. The number of halogens is 1. The molecule has 4 heteroatoms. The summed E-state index contributed by atoms with van der Waals surface area (Å²) in [5.41, 5.74) is 0. The molecule has 1 rings (SSSR count). The van der Waals surface area contributed by atoms with Crippen molar-refractivity contribution in [2.45, 2.75) is 0 Å². The maximum Gasteiger partial charge on any atom is 0.259 e. The van der Waals surface area contributed by atoms with Crippen molar-refractivity contribution in [3.8, 4) is 11.6 Å². The zero-order valence-corrected chi connectivity index (χ0v) is 5.34. The molecular formula is C6H6FNO2. The summed E-state index contributed by atoms with van der Waals surface area (Å²) in [6.07, 6.45) is 1.22. The van der Waals surface area contributed by atoms with Crippen LogP contribution in [0.2, 0.25) is 0 Å². The van der Waals surface area contributed by atoms with Crippen LogP contribution in [0.4, 0.5) is 4.39 Å². The number of hydrogen-bond acceptors (Lipinski definition) is 3. The van der Waals surface area contributed by atoms with Crippen molar-refractivity contribution in [2.75, 3.05) is 7.11 Å². The van der Waals surface area contributed by atoms with Crippen molar-refractivity contribution in [3.05, 3.63) is 18.1 Å². The summed E-state index contributed by atoms with van der Waals surface area (Å²) in [7, 11) is 1.31. The molecule has 0 aliphatic carbocycles. The Morgan fingerprint density at radius 1 is 1.70 bits per heavy atom. The Kier molecular flexibility index (Phi) is 1.71. The summed E-state index contributed by atoms with van der Waals surface area (Å²) < 4.78 is 16.9. The third kappa shape index (κ3) is 1.00. The second-order valence-corrected chi connectivity index (χ2v) is 1.65. The Morgan fingerprint density at radius 3 is 2.90 bits per heavy atom. The summed E-state index contributed by atoms with van der Waals surface area (Å²) >= 11 is 0. The number of nitrogens with zero attached hydrogens (tertiary/aromatic N) is 1. The molecule has 0 atom stereocenters. The normalized spacial score (nSPS) is 9.40. The topological polar surface area (TPSA) is 42.4 Å². The zero-order chi connectivity index (χ0) is 7.56. The van der Waals surface area contributed by atoms with Crippen molar-refractivity contribution < 1.29 is 14.2 Å². The molecular weight excluding hydrogens is 137 g/mol. The van der Waals surface area contributed by atoms with E-state index < -0.39 is 11.6 Å². The van der Waals surface area contributed by atoms with E-state index in [1.807, 2.05) is 0 Å². The lowest BCUT2D eigenvalue weighted by atomic mass is 10.4. The molecule has 0 saturated carbocycles. The van der Waals surface area contributed by atoms with Crippen LogP contribution in [0.5, 0.6) is 11.6 Å². The van der Waals surface area contributed by atoms with Gasteiger partial charge in [0.25, 0.3) is 5.88 Å². The fraction of sp³-hybridized carbons (Fsp3) is 0.167. The zero-order valence-electron chi connectivity index (χ0n) is 5.34. The fourth-order valence-electron chi connectivity index (χ4n) is 0.562. The van der Waals surface area contributed by atoms with Gasteiger partial charge in [0, 0.05) is 6.20 Å². The number of aromatic hydroxyl groups is 1. The van der Waals surface area contributed by atoms with Gasteiger partial charge in [0.05, 0.1) is 7.11 Å². The summed E-state index contributed by atoms with van der Waals surface area (Å²) in [5, 5.41) is 8.84. The van der Waals surface area contributed by atoms with Crippen LogP contribution in [-0.2, 0) is 0 Å². The molecule has 0 aliphatic rings. The van der Waals surface area contributed by atoms with Crippen LogP contribution in [0.25, 0.3) is 0 Å². The minimum atomic E-state index is -0.730. The molecule has 0 amide bonds. The standard InChI is InChI=1S/C6H6FNO2/c1-10-6-5(9)4(7)2-3-8-6/h2-3,9H,1H3. The van der Waals surface area contributed by atoms with Gasteiger partial charge in [-0.15, -0.1) is 0 Å². The van der Waals surface area contributed by atoms with E-state index in [9.17, 15) is 4.39 Å². The van der Waals surface area contributed by atoms with Crippen molar-refractivity contribution >= 4 is 0 Å². The van der Waals surface area contributed by atoms with Crippen LogP contribution in [-0.4, -0.2) is 17.2 Å². The third-order valence-corrected chi connectivity index (χ3v) is 1.03. The quantitative estimate of drug-likeness (QED) is 0.636. The first-order valence-corrected chi connectivity index (χ1v) is 2.63. The fourth-order valence-corrected chi connectivity index (χ4v) is 0.562. The number of ether oxygens (including phenoxy) is 1. The third-order valence-electron chi connectivity index (χ3n) is 1.03. The highest BCUT2D eigenvalue weighted by atomic mass is 19.1. The van der Waals surface area contributed by atoms with E-state index in [0.29, 0.717) is 0 Å². The Bertz CT molecular complexity index is 239. The van der Waals surface area contributed by atoms with Crippen LogP contribution in [0.3, 0.4) is 0 Å². The van der Waals surface area contributed by atoms with E-state index in [0.717, 1.165) is 6.07 Å². The van der Waals surface area contributed by atoms with Gasteiger partial charge in [0.2, 0.25) is 5.75 Å². The first-order valence-electron chi connectivity index (χ1n) is 2.63. The Balaban J connectivity index is 3.14. The van der Waals surface area contributed by atoms with Crippen LogP contribution in [0, 0.1) is 5.82 Å². The van der Waals surface area contributed by atoms with E-state index in [1.165, 1.54) is 13.3 Å². The first-order chi connectivity index (χ1) is 4.75. The van der Waals surface area contributed by atoms with E-state index >= 15 is 0 Å². The Hall–Kier alpha value is -1.32. The van der Waals surface area contributed by atoms with Gasteiger partial charge < -0.3 is 9.84 Å². The molecule has 10 heavy (non-hydrogen) atoms. The average Bonchev–Trinajstić information content (AvgIpc) is 1.95.